The van der Waals surface area contributed by atoms with Crippen molar-refractivity contribution in [3.63, 3.8) is 0 Å². The number of carbonyl (C=O) groups excluding carboxylic acids is 2. The van der Waals surface area contributed by atoms with E-state index in [1.54, 1.807) is 20.8 Å². The minimum absolute atomic E-state index is 0.178. The molecule has 0 unspecified atom stereocenters. The standard InChI is InChI=1S/C15H19NO3/c1-10-12(11-8-6-5-7-9-11)16(13(10)17)14(18)19-15(2,3)4/h5-10,12H,1-4H3/t10-,12-/m0/s1. The quantitative estimate of drug-likeness (QED) is 0.730. The maximum absolute atomic E-state index is 12.1. The number of rotatable bonds is 1. The second kappa shape index (κ2) is 4.68. The topological polar surface area (TPSA) is 46.6 Å². The van der Waals surface area contributed by atoms with E-state index < -0.39 is 11.7 Å². The first-order valence-corrected chi connectivity index (χ1v) is 6.42. The van der Waals surface area contributed by atoms with Gasteiger partial charge in [-0.1, -0.05) is 37.3 Å². The number of hydrogen-bond acceptors (Lipinski definition) is 3. The number of hydrogen-bond donors (Lipinski definition) is 0. The van der Waals surface area contributed by atoms with Gasteiger partial charge in [0, 0.05) is 0 Å². The SMILES string of the molecule is C[C@@H]1C(=O)N(C(=O)OC(C)(C)C)[C@@H]1c1ccccc1. The lowest BCUT2D eigenvalue weighted by Crippen LogP contribution is -2.57. The molecule has 0 saturated carbocycles. The van der Waals surface area contributed by atoms with Crippen LogP contribution in [0.5, 0.6) is 0 Å². The first kappa shape index (κ1) is 13.6. The molecule has 2 rings (SSSR count). The van der Waals surface area contributed by atoms with Crippen molar-refractivity contribution in [1.82, 2.24) is 4.90 Å². The molecule has 19 heavy (non-hydrogen) atoms. The van der Waals surface area contributed by atoms with Gasteiger partial charge in [0.05, 0.1) is 12.0 Å². The summed E-state index contributed by atoms with van der Waals surface area (Å²) in [5.74, 6) is -0.363. The highest BCUT2D eigenvalue weighted by Gasteiger charge is 2.50. The maximum atomic E-state index is 12.1. The summed E-state index contributed by atoms with van der Waals surface area (Å²) in [4.78, 5) is 25.2. The molecule has 0 aromatic heterocycles. The lowest BCUT2D eigenvalue weighted by Gasteiger charge is -2.44. The number of β-lactam (4-membered cyclic amide) rings is 1. The van der Waals surface area contributed by atoms with E-state index in [1.807, 2.05) is 37.3 Å². The number of imide groups is 1. The van der Waals surface area contributed by atoms with Crippen LogP contribution in [0.25, 0.3) is 0 Å². The Bertz CT molecular complexity index is 490. The highest BCUT2D eigenvalue weighted by molar-refractivity contribution is 5.99. The Morgan fingerprint density at radius 1 is 1.21 bits per heavy atom. The molecule has 0 bridgehead atoms. The highest BCUT2D eigenvalue weighted by atomic mass is 16.6. The van der Waals surface area contributed by atoms with E-state index >= 15 is 0 Å². The van der Waals surface area contributed by atoms with Crippen molar-refractivity contribution in [2.24, 2.45) is 5.92 Å². The van der Waals surface area contributed by atoms with Gasteiger partial charge in [0.1, 0.15) is 5.60 Å². The molecule has 0 radical (unpaired) electrons. The lowest BCUT2D eigenvalue weighted by molar-refractivity contribution is -0.153. The Morgan fingerprint density at radius 3 is 2.32 bits per heavy atom. The predicted octanol–water partition coefficient (Wildman–Crippen LogP) is 3.14. The number of nitrogens with zero attached hydrogens (tertiary/aromatic N) is 1. The molecule has 1 aliphatic heterocycles. The summed E-state index contributed by atoms with van der Waals surface area (Å²) in [6, 6.07) is 9.34. The number of benzene rings is 1. The van der Waals surface area contributed by atoms with E-state index in [-0.39, 0.29) is 17.9 Å². The summed E-state index contributed by atoms with van der Waals surface area (Å²) in [7, 11) is 0. The summed E-state index contributed by atoms with van der Waals surface area (Å²) < 4.78 is 5.28. The van der Waals surface area contributed by atoms with Crippen LogP contribution < -0.4 is 0 Å². The third kappa shape index (κ3) is 2.62. The second-order valence-corrected chi connectivity index (χ2v) is 5.83. The Kier molecular flexibility index (Phi) is 3.35. The van der Waals surface area contributed by atoms with Gasteiger partial charge in [-0.25, -0.2) is 9.69 Å². The number of ether oxygens (including phenoxy) is 1. The van der Waals surface area contributed by atoms with Gasteiger partial charge in [-0.15, -0.1) is 0 Å². The lowest BCUT2D eigenvalue weighted by atomic mass is 9.84. The molecule has 1 heterocycles. The first-order valence-electron chi connectivity index (χ1n) is 6.42. The number of amides is 2. The van der Waals surface area contributed by atoms with Gasteiger partial charge in [-0.05, 0) is 26.3 Å². The zero-order valence-electron chi connectivity index (χ0n) is 11.7. The average molecular weight is 261 g/mol. The van der Waals surface area contributed by atoms with Crippen LogP contribution in [0.15, 0.2) is 30.3 Å². The van der Waals surface area contributed by atoms with Crippen molar-refractivity contribution >= 4 is 12.0 Å². The Hall–Kier alpha value is -1.84. The molecular weight excluding hydrogens is 242 g/mol. The summed E-state index contributed by atoms with van der Waals surface area (Å²) in [5, 5.41) is 0. The summed E-state index contributed by atoms with van der Waals surface area (Å²) in [6.07, 6.45) is -0.565. The Balaban J connectivity index is 2.20. The van der Waals surface area contributed by atoms with Crippen LogP contribution in [0, 0.1) is 5.92 Å². The van der Waals surface area contributed by atoms with E-state index in [1.165, 1.54) is 4.90 Å². The average Bonchev–Trinajstić information content (AvgIpc) is 2.33. The molecule has 1 fully saturated rings. The molecule has 0 aliphatic carbocycles. The molecular formula is C15H19NO3. The van der Waals surface area contributed by atoms with Crippen LogP contribution in [0.1, 0.15) is 39.3 Å². The highest BCUT2D eigenvalue weighted by Crippen LogP contribution is 2.40. The van der Waals surface area contributed by atoms with Crippen molar-refractivity contribution in [2.75, 3.05) is 0 Å². The monoisotopic (exact) mass is 261 g/mol. The van der Waals surface area contributed by atoms with Gasteiger partial charge in [0.25, 0.3) is 0 Å². The largest absolute Gasteiger partial charge is 0.443 e. The molecule has 2 atom stereocenters. The van der Waals surface area contributed by atoms with Gasteiger partial charge in [-0.3, -0.25) is 4.79 Å². The molecule has 1 aromatic rings. The molecule has 2 amide bonds. The minimum atomic E-state index is -0.600. The van der Waals surface area contributed by atoms with Gasteiger partial charge in [0.15, 0.2) is 0 Å². The zero-order valence-corrected chi connectivity index (χ0v) is 11.7. The summed E-state index contributed by atoms with van der Waals surface area (Å²) in [5.41, 5.74) is 0.359. The van der Waals surface area contributed by atoms with Crippen molar-refractivity contribution in [1.29, 1.82) is 0 Å². The van der Waals surface area contributed by atoms with Crippen molar-refractivity contribution in [3.8, 4) is 0 Å². The minimum Gasteiger partial charge on any atom is -0.443 e. The zero-order chi connectivity index (χ0) is 14.2. The van der Waals surface area contributed by atoms with E-state index in [0.717, 1.165) is 5.56 Å². The molecule has 0 N–H and O–H groups in total. The molecule has 4 heteroatoms. The van der Waals surface area contributed by atoms with Crippen molar-refractivity contribution in [3.05, 3.63) is 35.9 Å². The van der Waals surface area contributed by atoms with Crippen LogP contribution >= 0.6 is 0 Å². The van der Waals surface area contributed by atoms with E-state index in [9.17, 15) is 9.59 Å². The van der Waals surface area contributed by atoms with Crippen molar-refractivity contribution < 1.29 is 14.3 Å². The van der Waals surface area contributed by atoms with Crippen LogP contribution in [0.2, 0.25) is 0 Å². The fourth-order valence-electron chi connectivity index (χ4n) is 2.24. The summed E-state index contributed by atoms with van der Waals surface area (Å²) in [6.45, 7) is 7.20. The van der Waals surface area contributed by atoms with Gasteiger partial charge < -0.3 is 4.74 Å². The van der Waals surface area contributed by atoms with Gasteiger partial charge >= 0.3 is 6.09 Å². The van der Waals surface area contributed by atoms with Crippen LogP contribution in [0.4, 0.5) is 4.79 Å². The first-order chi connectivity index (χ1) is 8.81. The molecule has 4 nitrogen and oxygen atoms in total. The van der Waals surface area contributed by atoms with Gasteiger partial charge in [-0.2, -0.15) is 0 Å². The van der Waals surface area contributed by atoms with Crippen LogP contribution in [-0.4, -0.2) is 22.5 Å². The fraction of sp³-hybridized carbons (Fsp3) is 0.467. The molecule has 102 valence electrons. The van der Waals surface area contributed by atoms with E-state index in [0.29, 0.717) is 0 Å². The van der Waals surface area contributed by atoms with Crippen LogP contribution in [-0.2, 0) is 9.53 Å². The predicted molar refractivity (Wildman–Crippen MR) is 71.4 cm³/mol. The van der Waals surface area contributed by atoms with Gasteiger partial charge in [0.2, 0.25) is 5.91 Å². The maximum Gasteiger partial charge on any atom is 0.417 e. The van der Waals surface area contributed by atoms with Crippen molar-refractivity contribution in [2.45, 2.75) is 39.3 Å². The smallest absolute Gasteiger partial charge is 0.417 e. The Labute approximate surface area is 113 Å². The number of likely N-dealkylation sites (tertiary alicyclic amines) is 1. The fourth-order valence-corrected chi connectivity index (χ4v) is 2.24. The second-order valence-electron chi connectivity index (χ2n) is 5.83. The molecule has 1 aromatic carbocycles. The molecule has 1 saturated heterocycles. The third-order valence-corrected chi connectivity index (χ3v) is 3.11. The van der Waals surface area contributed by atoms with E-state index in [2.05, 4.69) is 0 Å². The van der Waals surface area contributed by atoms with E-state index in [4.69, 9.17) is 4.74 Å². The van der Waals surface area contributed by atoms with Crippen LogP contribution in [0.3, 0.4) is 0 Å². The molecule has 0 spiro atoms. The normalized spacial score (nSPS) is 22.9. The summed E-state index contributed by atoms with van der Waals surface area (Å²) >= 11 is 0. The number of carbonyl (C=O) groups is 2. The third-order valence-electron chi connectivity index (χ3n) is 3.11. The molecule has 1 aliphatic rings. The Morgan fingerprint density at radius 2 is 1.79 bits per heavy atom.